The number of furan rings is 1. The molecule has 2 aromatic carbocycles. The highest BCUT2D eigenvalue weighted by Crippen LogP contribution is 2.25. The molecule has 0 aliphatic rings. The summed E-state index contributed by atoms with van der Waals surface area (Å²) in [7, 11) is 1.69. The first-order chi connectivity index (χ1) is 17.2. The third kappa shape index (κ3) is 6.21. The first-order valence-electron chi connectivity index (χ1n) is 11.7. The molecule has 2 heterocycles. The Morgan fingerprint density at radius 1 is 1.03 bits per heavy atom. The van der Waals surface area contributed by atoms with E-state index in [1.807, 2.05) is 18.2 Å². The minimum Gasteiger partial charge on any atom is -0.489 e. The van der Waals surface area contributed by atoms with Crippen molar-refractivity contribution < 1.29 is 18.7 Å². The van der Waals surface area contributed by atoms with Crippen molar-refractivity contribution in [1.82, 2.24) is 15.1 Å². The highest BCUT2D eigenvalue weighted by Gasteiger charge is 2.19. The van der Waals surface area contributed by atoms with Crippen molar-refractivity contribution in [1.29, 1.82) is 0 Å². The fourth-order valence-electron chi connectivity index (χ4n) is 3.63. The molecule has 0 bridgehead atoms. The maximum atomic E-state index is 13.0. The second-order valence-electron chi connectivity index (χ2n) is 9.54. The van der Waals surface area contributed by atoms with Crippen LogP contribution in [0.15, 0.2) is 77.5 Å². The van der Waals surface area contributed by atoms with Gasteiger partial charge in [-0.1, -0.05) is 45.0 Å². The van der Waals surface area contributed by atoms with Crippen molar-refractivity contribution in [3.05, 3.63) is 101 Å². The Morgan fingerprint density at radius 2 is 1.81 bits per heavy atom. The molecular formula is C28H30N4O4. The fraction of sp³-hybridized carbons (Fsp3) is 0.250. The van der Waals surface area contributed by atoms with Crippen LogP contribution in [0.2, 0.25) is 0 Å². The van der Waals surface area contributed by atoms with Crippen molar-refractivity contribution in [2.24, 2.45) is 7.05 Å². The minimum atomic E-state index is -0.415. The Kier molecular flexibility index (Phi) is 7.24. The normalized spacial score (nSPS) is 11.2. The number of amides is 2. The lowest BCUT2D eigenvalue weighted by Crippen LogP contribution is -2.25. The third-order valence-corrected chi connectivity index (χ3v) is 5.61. The van der Waals surface area contributed by atoms with Gasteiger partial charge in [0.05, 0.1) is 18.5 Å². The van der Waals surface area contributed by atoms with Gasteiger partial charge >= 0.3 is 0 Å². The van der Waals surface area contributed by atoms with Gasteiger partial charge < -0.3 is 19.8 Å². The first kappa shape index (κ1) is 24.8. The van der Waals surface area contributed by atoms with Gasteiger partial charge in [0.1, 0.15) is 18.1 Å². The van der Waals surface area contributed by atoms with E-state index >= 15 is 0 Å². The monoisotopic (exact) mass is 486 g/mol. The molecule has 4 aromatic rings. The summed E-state index contributed by atoms with van der Waals surface area (Å²) in [6, 6.07) is 18.7. The number of aryl methyl sites for hydroxylation is 1. The Labute approximate surface area is 210 Å². The second-order valence-corrected chi connectivity index (χ2v) is 9.54. The van der Waals surface area contributed by atoms with Crippen LogP contribution in [0, 0.1) is 0 Å². The molecule has 0 radical (unpaired) electrons. The Morgan fingerprint density at radius 3 is 2.50 bits per heavy atom. The highest BCUT2D eigenvalue weighted by atomic mass is 16.5. The van der Waals surface area contributed by atoms with Crippen molar-refractivity contribution >= 4 is 17.5 Å². The third-order valence-electron chi connectivity index (χ3n) is 5.61. The summed E-state index contributed by atoms with van der Waals surface area (Å²) in [5, 5.41) is 9.74. The molecule has 0 saturated carbocycles. The highest BCUT2D eigenvalue weighted by molar-refractivity contribution is 6.08. The van der Waals surface area contributed by atoms with Crippen molar-refractivity contribution in [3.8, 4) is 5.75 Å². The number of rotatable bonds is 8. The van der Waals surface area contributed by atoms with Crippen molar-refractivity contribution in [2.45, 2.75) is 39.3 Å². The number of benzene rings is 2. The van der Waals surface area contributed by atoms with Gasteiger partial charge in [-0.15, -0.1) is 0 Å². The van der Waals surface area contributed by atoms with Crippen LogP contribution < -0.4 is 15.4 Å². The summed E-state index contributed by atoms with van der Waals surface area (Å²) in [6.07, 6.45) is 3.13. The maximum absolute atomic E-state index is 13.0. The predicted octanol–water partition coefficient (Wildman–Crippen LogP) is 5.07. The fourth-order valence-corrected chi connectivity index (χ4v) is 3.63. The first-order valence-corrected chi connectivity index (χ1v) is 11.7. The molecule has 4 rings (SSSR count). The van der Waals surface area contributed by atoms with Crippen LogP contribution in [0.4, 0.5) is 5.69 Å². The number of ether oxygens (including phenoxy) is 1. The maximum Gasteiger partial charge on any atom is 0.274 e. The Bertz CT molecular complexity index is 1330. The molecule has 186 valence electrons. The van der Waals surface area contributed by atoms with Crippen LogP contribution in [0.5, 0.6) is 5.75 Å². The molecule has 0 fully saturated rings. The van der Waals surface area contributed by atoms with Gasteiger partial charge in [-0.25, -0.2) is 0 Å². The zero-order chi connectivity index (χ0) is 25.7. The van der Waals surface area contributed by atoms with Crippen LogP contribution in [0.3, 0.4) is 0 Å². The molecule has 8 nitrogen and oxygen atoms in total. The lowest BCUT2D eigenvalue weighted by atomic mass is 9.87. The lowest BCUT2D eigenvalue weighted by Gasteiger charge is -2.19. The van der Waals surface area contributed by atoms with E-state index in [2.05, 4.69) is 48.6 Å². The Balaban J connectivity index is 1.39. The smallest absolute Gasteiger partial charge is 0.274 e. The quantitative estimate of drug-likeness (QED) is 0.362. The van der Waals surface area contributed by atoms with Gasteiger partial charge in [0.25, 0.3) is 11.8 Å². The summed E-state index contributed by atoms with van der Waals surface area (Å²) in [5.74, 6) is 0.619. The number of carbonyl (C=O) groups is 2. The topological polar surface area (TPSA) is 98.4 Å². The van der Waals surface area contributed by atoms with Gasteiger partial charge in [-0.2, -0.15) is 5.10 Å². The van der Waals surface area contributed by atoms with Crippen LogP contribution >= 0.6 is 0 Å². The number of hydrogen-bond donors (Lipinski definition) is 2. The Hall–Kier alpha value is -4.33. The number of nitrogens with zero attached hydrogens (tertiary/aromatic N) is 2. The lowest BCUT2D eigenvalue weighted by molar-refractivity contribution is 0.0943. The molecule has 0 saturated heterocycles. The number of carbonyl (C=O) groups excluding carboxylic acids is 2. The summed E-state index contributed by atoms with van der Waals surface area (Å²) in [4.78, 5) is 25.6. The second kappa shape index (κ2) is 10.5. The predicted molar refractivity (Wildman–Crippen MR) is 137 cm³/mol. The molecule has 0 unspecified atom stereocenters. The van der Waals surface area contributed by atoms with Crippen LogP contribution in [0.25, 0.3) is 0 Å². The summed E-state index contributed by atoms with van der Waals surface area (Å²) in [5.41, 5.74) is 3.05. The average molecular weight is 487 g/mol. The van der Waals surface area contributed by atoms with E-state index in [1.54, 1.807) is 43.6 Å². The van der Waals surface area contributed by atoms with E-state index in [0.29, 0.717) is 23.6 Å². The number of nitrogens with one attached hydrogen (secondary N) is 2. The van der Waals surface area contributed by atoms with E-state index in [-0.39, 0.29) is 23.6 Å². The standard InChI is InChI=1S/C28H30N4O4/c1-28(2,3)21-10-12-22(13-11-21)36-18-19-7-5-8-20(15-19)26(33)30-24-17-32(4)31-25(24)27(34)29-16-23-9-6-14-35-23/h5-15,17H,16,18H2,1-4H3,(H,29,34)(H,30,33). The summed E-state index contributed by atoms with van der Waals surface area (Å²) in [6.45, 7) is 7.05. The average Bonchev–Trinajstić information content (AvgIpc) is 3.50. The van der Waals surface area contributed by atoms with E-state index < -0.39 is 5.91 Å². The van der Waals surface area contributed by atoms with Crippen LogP contribution in [-0.4, -0.2) is 21.6 Å². The molecule has 0 spiro atoms. The number of aromatic nitrogens is 2. The molecule has 2 amide bonds. The SMILES string of the molecule is Cn1cc(NC(=O)c2cccc(COc3ccc(C(C)(C)C)cc3)c2)c(C(=O)NCc2ccco2)n1. The van der Waals surface area contributed by atoms with Gasteiger partial charge in [0, 0.05) is 18.8 Å². The molecular weight excluding hydrogens is 456 g/mol. The van der Waals surface area contributed by atoms with Gasteiger partial charge in [0.2, 0.25) is 0 Å². The van der Waals surface area contributed by atoms with E-state index in [0.717, 1.165) is 11.3 Å². The summed E-state index contributed by atoms with van der Waals surface area (Å²) >= 11 is 0. The zero-order valence-electron chi connectivity index (χ0n) is 20.9. The largest absolute Gasteiger partial charge is 0.489 e. The van der Waals surface area contributed by atoms with E-state index in [1.165, 1.54) is 16.5 Å². The number of hydrogen-bond acceptors (Lipinski definition) is 5. The molecule has 0 atom stereocenters. The van der Waals surface area contributed by atoms with Crippen LogP contribution in [-0.2, 0) is 25.6 Å². The van der Waals surface area contributed by atoms with Gasteiger partial charge in [0.15, 0.2) is 5.69 Å². The van der Waals surface area contributed by atoms with Crippen molar-refractivity contribution in [3.63, 3.8) is 0 Å². The number of anilines is 1. The molecule has 0 aliphatic carbocycles. The van der Waals surface area contributed by atoms with Gasteiger partial charge in [-0.05, 0) is 52.9 Å². The van der Waals surface area contributed by atoms with Crippen molar-refractivity contribution in [2.75, 3.05) is 5.32 Å². The van der Waals surface area contributed by atoms with E-state index in [9.17, 15) is 9.59 Å². The molecule has 8 heteroatoms. The van der Waals surface area contributed by atoms with Gasteiger partial charge in [-0.3, -0.25) is 14.3 Å². The molecule has 2 aromatic heterocycles. The molecule has 0 aliphatic heterocycles. The van der Waals surface area contributed by atoms with E-state index in [4.69, 9.17) is 9.15 Å². The van der Waals surface area contributed by atoms with Crippen LogP contribution in [0.1, 0.15) is 58.5 Å². The minimum absolute atomic E-state index is 0.0778. The summed E-state index contributed by atoms with van der Waals surface area (Å²) < 4.78 is 12.6. The molecule has 36 heavy (non-hydrogen) atoms. The zero-order valence-corrected chi connectivity index (χ0v) is 20.9. The molecule has 2 N–H and O–H groups in total.